The maximum Gasteiger partial charge on any atom is 0.252 e. The fourth-order valence-electron chi connectivity index (χ4n) is 2.62. The molecule has 1 unspecified atom stereocenters. The first-order valence-corrected chi connectivity index (χ1v) is 7.37. The van der Waals surface area contributed by atoms with Crippen molar-refractivity contribution in [1.82, 2.24) is 15.5 Å². The predicted molar refractivity (Wildman–Crippen MR) is 77.2 cm³/mol. The van der Waals surface area contributed by atoms with Crippen molar-refractivity contribution < 1.29 is 9.53 Å². The molecule has 5 nitrogen and oxygen atoms in total. The number of methoxy groups -OCH3 is 1. The van der Waals surface area contributed by atoms with E-state index in [4.69, 9.17) is 4.74 Å². The highest BCUT2D eigenvalue weighted by Crippen LogP contribution is 2.22. The Balaban J connectivity index is 2.52. The summed E-state index contributed by atoms with van der Waals surface area (Å²) in [5, 5.41) is 6.37. The van der Waals surface area contributed by atoms with Crippen LogP contribution in [0.3, 0.4) is 0 Å². The van der Waals surface area contributed by atoms with Crippen LogP contribution in [0.5, 0.6) is 0 Å². The van der Waals surface area contributed by atoms with Gasteiger partial charge in [-0.2, -0.15) is 0 Å². The van der Waals surface area contributed by atoms with Gasteiger partial charge in [-0.15, -0.1) is 0 Å². The van der Waals surface area contributed by atoms with Gasteiger partial charge in [0.2, 0.25) is 0 Å². The average Bonchev–Trinajstić information content (AvgIpc) is 2.45. The lowest BCUT2D eigenvalue weighted by Gasteiger charge is -2.36. The highest BCUT2D eigenvalue weighted by Gasteiger charge is 2.40. The van der Waals surface area contributed by atoms with Gasteiger partial charge in [-0.25, -0.2) is 0 Å². The second-order valence-corrected chi connectivity index (χ2v) is 5.31. The topological polar surface area (TPSA) is 53.6 Å². The lowest BCUT2D eigenvalue weighted by molar-refractivity contribution is -0.147. The van der Waals surface area contributed by atoms with E-state index in [1.54, 1.807) is 7.11 Å². The van der Waals surface area contributed by atoms with Crippen LogP contribution in [0.4, 0.5) is 0 Å². The van der Waals surface area contributed by atoms with Crippen LogP contribution < -0.4 is 10.6 Å². The predicted octanol–water partition coefficient (Wildman–Crippen LogP) is 0.602. The molecule has 1 rings (SSSR count). The maximum atomic E-state index is 12.4. The third-order valence-electron chi connectivity index (χ3n) is 4.02. The Labute approximate surface area is 117 Å². The number of hydrogen-bond acceptors (Lipinski definition) is 4. The average molecular weight is 271 g/mol. The van der Waals surface area contributed by atoms with Gasteiger partial charge in [0, 0.05) is 19.7 Å². The molecule has 0 aromatic heterocycles. The van der Waals surface area contributed by atoms with Crippen LogP contribution in [-0.4, -0.2) is 62.3 Å². The van der Waals surface area contributed by atoms with Gasteiger partial charge in [0.05, 0.1) is 0 Å². The van der Waals surface area contributed by atoms with Crippen molar-refractivity contribution in [3.8, 4) is 0 Å². The number of nitrogens with one attached hydrogen (secondary N) is 2. The molecule has 1 heterocycles. The van der Waals surface area contributed by atoms with E-state index in [0.717, 1.165) is 45.6 Å². The van der Waals surface area contributed by atoms with Crippen LogP contribution in [-0.2, 0) is 9.53 Å². The molecule has 1 amide bonds. The number of carbonyl (C=O) groups is 1. The summed E-state index contributed by atoms with van der Waals surface area (Å²) in [6.07, 6.45) is 1.49. The van der Waals surface area contributed by atoms with Crippen molar-refractivity contribution in [2.75, 3.05) is 39.8 Å². The molecule has 0 aliphatic carbocycles. The van der Waals surface area contributed by atoms with Gasteiger partial charge in [0.25, 0.3) is 5.91 Å². The van der Waals surface area contributed by atoms with Gasteiger partial charge in [-0.3, -0.25) is 4.79 Å². The zero-order valence-electron chi connectivity index (χ0n) is 12.8. The van der Waals surface area contributed by atoms with Crippen LogP contribution in [0.2, 0.25) is 0 Å². The van der Waals surface area contributed by atoms with Crippen molar-refractivity contribution >= 4 is 5.91 Å². The Bertz CT molecular complexity index is 274. The minimum Gasteiger partial charge on any atom is -0.368 e. The lowest BCUT2D eigenvalue weighted by Crippen LogP contribution is -2.56. The number of rotatable bonds is 7. The highest BCUT2D eigenvalue weighted by molar-refractivity contribution is 5.85. The molecule has 1 saturated heterocycles. The summed E-state index contributed by atoms with van der Waals surface area (Å²) >= 11 is 0. The summed E-state index contributed by atoms with van der Waals surface area (Å²) < 4.78 is 5.53. The van der Waals surface area contributed by atoms with Crippen LogP contribution in [0.1, 0.15) is 33.6 Å². The third kappa shape index (κ3) is 4.44. The fourth-order valence-corrected chi connectivity index (χ4v) is 2.62. The Kier molecular flexibility index (Phi) is 6.75. The molecular weight excluding hydrogens is 242 g/mol. The van der Waals surface area contributed by atoms with E-state index >= 15 is 0 Å². The molecule has 0 radical (unpaired) electrons. The van der Waals surface area contributed by atoms with E-state index in [0.29, 0.717) is 0 Å². The summed E-state index contributed by atoms with van der Waals surface area (Å²) in [7, 11) is 1.64. The highest BCUT2D eigenvalue weighted by atomic mass is 16.5. The van der Waals surface area contributed by atoms with Gasteiger partial charge in [-0.1, -0.05) is 13.8 Å². The molecule has 5 heteroatoms. The molecule has 112 valence electrons. The zero-order valence-corrected chi connectivity index (χ0v) is 12.8. The maximum absolute atomic E-state index is 12.4. The molecule has 1 aliphatic rings. The monoisotopic (exact) mass is 271 g/mol. The molecule has 1 aliphatic heterocycles. The Morgan fingerprint density at radius 1 is 1.37 bits per heavy atom. The normalized spacial score (nSPS) is 20.3. The first-order valence-electron chi connectivity index (χ1n) is 7.37. The smallest absolute Gasteiger partial charge is 0.252 e. The largest absolute Gasteiger partial charge is 0.368 e. The molecule has 0 aromatic carbocycles. The Morgan fingerprint density at radius 2 is 1.95 bits per heavy atom. The number of amides is 1. The molecule has 0 saturated carbocycles. The van der Waals surface area contributed by atoms with E-state index in [1.807, 2.05) is 0 Å². The van der Waals surface area contributed by atoms with E-state index in [-0.39, 0.29) is 11.9 Å². The van der Waals surface area contributed by atoms with E-state index in [9.17, 15) is 4.79 Å². The van der Waals surface area contributed by atoms with Crippen LogP contribution in [0.25, 0.3) is 0 Å². The first-order chi connectivity index (χ1) is 9.07. The molecule has 0 spiro atoms. The van der Waals surface area contributed by atoms with E-state index in [2.05, 4.69) is 36.3 Å². The van der Waals surface area contributed by atoms with Gasteiger partial charge in [-0.05, 0) is 45.9 Å². The fraction of sp³-hybridized carbons (Fsp3) is 0.929. The SMILES string of the molecule is CCN(CC)CC(C)NC(=O)C1(OC)CCNCC1. The van der Waals surface area contributed by atoms with E-state index in [1.165, 1.54) is 0 Å². The summed E-state index contributed by atoms with van der Waals surface area (Å²) in [5.41, 5.74) is -0.636. The third-order valence-corrected chi connectivity index (χ3v) is 4.02. The molecule has 0 aromatic rings. The lowest BCUT2D eigenvalue weighted by atomic mass is 9.91. The quantitative estimate of drug-likeness (QED) is 0.712. The van der Waals surface area contributed by atoms with Gasteiger partial charge in [0.15, 0.2) is 0 Å². The Morgan fingerprint density at radius 3 is 2.42 bits per heavy atom. The Hall–Kier alpha value is -0.650. The molecule has 0 bridgehead atoms. The van der Waals surface area contributed by atoms with Gasteiger partial charge in [0.1, 0.15) is 5.60 Å². The van der Waals surface area contributed by atoms with Crippen LogP contribution in [0, 0.1) is 0 Å². The van der Waals surface area contributed by atoms with E-state index < -0.39 is 5.60 Å². The minimum atomic E-state index is -0.636. The molecule has 2 N–H and O–H groups in total. The van der Waals surface area contributed by atoms with Crippen molar-refractivity contribution in [3.05, 3.63) is 0 Å². The van der Waals surface area contributed by atoms with Gasteiger partial charge >= 0.3 is 0 Å². The summed E-state index contributed by atoms with van der Waals surface area (Å²) in [6.45, 7) is 10.9. The molecular formula is C14H29N3O2. The second-order valence-electron chi connectivity index (χ2n) is 5.31. The summed E-state index contributed by atoms with van der Waals surface area (Å²) in [4.78, 5) is 14.7. The molecule has 1 fully saturated rings. The zero-order chi connectivity index (χ0) is 14.3. The van der Waals surface area contributed by atoms with Crippen molar-refractivity contribution in [3.63, 3.8) is 0 Å². The number of ether oxygens (including phenoxy) is 1. The van der Waals surface area contributed by atoms with Gasteiger partial charge < -0.3 is 20.3 Å². The molecule has 19 heavy (non-hydrogen) atoms. The van der Waals surface area contributed by atoms with Crippen molar-refractivity contribution in [2.24, 2.45) is 0 Å². The standard InChI is InChI=1S/C14H29N3O2/c1-5-17(6-2)11-12(3)16-13(18)14(19-4)7-9-15-10-8-14/h12,15H,5-11H2,1-4H3,(H,16,18). The first kappa shape index (κ1) is 16.4. The number of nitrogens with zero attached hydrogens (tertiary/aromatic N) is 1. The number of hydrogen-bond donors (Lipinski definition) is 2. The van der Waals surface area contributed by atoms with Crippen molar-refractivity contribution in [1.29, 1.82) is 0 Å². The number of carbonyl (C=O) groups excluding carboxylic acids is 1. The number of likely N-dealkylation sites (N-methyl/N-ethyl adjacent to an activating group) is 1. The summed E-state index contributed by atoms with van der Waals surface area (Å²) in [6, 6.07) is 0.148. The van der Waals surface area contributed by atoms with Crippen molar-refractivity contribution in [2.45, 2.75) is 45.3 Å². The second kappa shape index (κ2) is 7.82. The van der Waals surface area contributed by atoms with Crippen LogP contribution in [0.15, 0.2) is 0 Å². The minimum absolute atomic E-state index is 0.0381. The number of piperidine rings is 1. The van der Waals surface area contributed by atoms with Crippen LogP contribution >= 0.6 is 0 Å². The summed E-state index contributed by atoms with van der Waals surface area (Å²) in [5.74, 6) is 0.0381. The molecule has 1 atom stereocenters.